The second kappa shape index (κ2) is 6.57. The zero-order valence-electron chi connectivity index (χ0n) is 13.6. The lowest BCUT2D eigenvalue weighted by Gasteiger charge is -2.18. The number of nitrogens with zero attached hydrogens (tertiary/aromatic N) is 2. The Bertz CT molecular complexity index is 858. The van der Waals surface area contributed by atoms with Gasteiger partial charge in [0.25, 0.3) is 10.0 Å². The maximum absolute atomic E-state index is 12.6. The standard InChI is InChI=1S/C16H19N3O5S/c20-25(21,14-3-4-15-16(8-14)24-7-6-23-15)18-12-9-17-19(10-12)11-13-2-1-5-22-13/h3-4,8-10,13,18H,1-2,5-7,11H2. The van der Waals surface area contributed by atoms with E-state index in [1.807, 2.05) is 0 Å². The third-order valence-corrected chi connectivity index (χ3v) is 5.50. The van der Waals surface area contributed by atoms with Crippen molar-refractivity contribution >= 4 is 15.7 Å². The molecule has 2 aliphatic rings. The highest BCUT2D eigenvalue weighted by molar-refractivity contribution is 7.92. The SMILES string of the molecule is O=S(=O)(Nc1cnn(CC2CCCO2)c1)c1ccc2c(c1)OCCO2. The number of ether oxygens (including phenoxy) is 3. The van der Waals surface area contributed by atoms with Crippen LogP contribution in [0.25, 0.3) is 0 Å². The van der Waals surface area contributed by atoms with Gasteiger partial charge in [-0.25, -0.2) is 8.42 Å². The Kier molecular flexibility index (Phi) is 4.26. The minimum atomic E-state index is -3.73. The van der Waals surface area contributed by atoms with Gasteiger partial charge in [0.15, 0.2) is 11.5 Å². The van der Waals surface area contributed by atoms with Crippen molar-refractivity contribution in [3.63, 3.8) is 0 Å². The summed E-state index contributed by atoms with van der Waals surface area (Å²) in [5, 5.41) is 4.19. The number of hydrogen-bond donors (Lipinski definition) is 1. The number of aromatic nitrogens is 2. The smallest absolute Gasteiger partial charge is 0.262 e. The molecule has 1 unspecified atom stereocenters. The molecule has 1 aromatic heterocycles. The molecule has 0 bridgehead atoms. The normalized spacial score (nSPS) is 19.8. The zero-order chi connectivity index (χ0) is 17.3. The van der Waals surface area contributed by atoms with E-state index in [0.29, 0.717) is 36.9 Å². The Morgan fingerprint density at radius 2 is 2.04 bits per heavy atom. The summed E-state index contributed by atoms with van der Waals surface area (Å²) in [4.78, 5) is 0.114. The van der Waals surface area contributed by atoms with Gasteiger partial charge in [-0.05, 0) is 25.0 Å². The molecule has 0 spiro atoms. The van der Waals surface area contributed by atoms with Gasteiger partial charge in [0.1, 0.15) is 13.2 Å². The topological polar surface area (TPSA) is 91.7 Å². The number of anilines is 1. The Morgan fingerprint density at radius 1 is 1.20 bits per heavy atom. The Morgan fingerprint density at radius 3 is 2.84 bits per heavy atom. The number of sulfonamides is 1. The van der Waals surface area contributed by atoms with Crippen LogP contribution < -0.4 is 14.2 Å². The van der Waals surface area contributed by atoms with E-state index < -0.39 is 10.0 Å². The van der Waals surface area contributed by atoms with Crippen LogP contribution in [0.15, 0.2) is 35.5 Å². The van der Waals surface area contributed by atoms with E-state index in [-0.39, 0.29) is 11.0 Å². The lowest BCUT2D eigenvalue weighted by atomic mass is 10.2. The van der Waals surface area contributed by atoms with Gasteiger partial charge in [0, 0.05) is 18.9 Å². The van der Waals surface area contributed by atoms with Crippen molar-refractivity contribution in [2.24, 2.45) is 0 Å². The molecule has 1 saturated heterocycles. The van der Waals surface area contributed by atoms with Crippen LogP contribution in [-0.2, 0) is 21.3 Å². The number of benzene rings is 1. The first kappa shape index (κ1) is 16.2. The fourth-order valence-electron chi connectivity index (χ4n) is 2.92. The molecule has 0 saturated carbocycles. The van der Waals surface area contributed by atoms with Gasteiger partial charge in [-0.1, -0.05) is 0 Å². The van der Waals surface area contributed by atoms with Gasteiger partial charge in [-0.15, -0.1) is 0 Å². The molecule has 8 nitrogen and oxygen atoms in total. The molecule has 3 heterocycles. The molecule has 1 aromatic carbocycles. The van der Waals surface area contributed by atoms with E-state index in [1.165, 1.54) is 18.3 Å². The van der Waals surface area contributed by atoms with E-state index >= 15 is 0 Å². The maximum atomic E-state index is 12.6. The van der Waals surface area contributed by atoms with Crippen molar-refractivity contribution in [1.82, 2.24) is 9.78 Å². The first-order chi connectivity index (χ1) is 12.1. The van der Waals surface area contributed by atoms with Crippen LogP contribution in [0.3, 0.4) is 0 Å². The molecule has 0 radical (unpaired) electrons. The van der Waals surface area contributed by atoms with Crippen LogP contribution in [0.1, 0.15) is 12.8 Å². The van der Waals surface area contributed by atoms with Crippen LogP contribution in [0.4, 0.5) is 5.69 Å². The minimum absolute atomic E-state index is 0.114. The number of fused-ring (bicyclic) bond motifs is 1. The van der Waals surface area contributed by atoms with Gasteiger partial charge < -0.3 is 14.2 Å². The molecule has 0 aliphatic carbocycles. The number of rotatable bonds is 5. The molecular weight excluding hydrogens is 346 g/mol. The van der Waals surface area contributed by atoms with Crippen LogP contribution in [0.2, 0.25) is 0 Å². The highest BCUT2D eigenvalue weighted by atomic mass is 32.2. The van der Waals surface area contributed by atoms with Gasteiger partial charge in [-0.2, -0.15) is 5.10 Å². The van der Waals surface area contributed by atoms with E-state index in [0.717, 1.165) is 19.4 Å². The van der Waals surface area contributed by atoms with Crippen LogP contribution in [0, 0.1) is 0 Å². The van der Waals surface area contributed by atoms with E-state index in [4.69, 9.17) is 14.2 Å². The summed E-state index contributed by atoms with van der Waals surface area (Å²) in [5.41, 5.74) is 0.410. The summed E-state index contributed by atoms with van der Waals surface area (Å²) in [6, 6.07) is 4.56. The second-order valence-electron chi connectivity index (χ2n) is 6.00. The lowest BCUT2D eigenvalue weighted by Crippen LogP contribution is -2.17. The predicted octanol–water partition coefficient (Wildman–Crippen LogP) is 1.63. The van der Waals surface area contributed by atoms with Gasteiger partial charge >= 0.3 is 0 Å². The monoisotopic (exact) mass is 365 g/mol. The average molecular weight is 365 g/mol. The van der Waals surface area contributed by atoms with Crippen molar-refractivity contribution in [2.75, 3.05) is 24.5 Å². The van der Waals surface area contributed by atoms with E-state index in [2.05, 4.69) is 9.82 Å². The highest BCUT2D eigenvalue weighted by Gasteiger charge is 2.21. The fourth-order valence-corrected chi connectivity index (χ4v) is 3.96. The molecule has 2 aliphatic heterocycles. The average Bonchev–Trinajstić information content (AvgIpc) is 3.27. The zero-order valence-corrected chi connectivity index (χ0v) is 14.4. The summed E-state index contributed by atoms with van der Waals surface area (Å²) in [6.45, 7) is 2.25. The summed E-state index contributed by atoms with van der Waals surface area (Å²) in [6.07, 6.45) is 5.34. The summed E-state index contributed by atoms with van der Waals surface area (Å²) in [7, 11) is -3.73. The largest absolute Gasteiger partial charge is 0.486 e. The summed E-state index contributed by atoms with van der Waals surface area (Å²) < 4.78 is 45.8. The number of hydrogen-bond acceptors (Lipinski definition) is 6. The van der Waals surface area contributed by atoms with Crippen molar-refractivity contribution in [2.45, 2.75) is 30.4 Å². The first-order valence-corrected chi connectivity index (χ1v) is 9.65. The van der Waals surface area contributed by atoms with Crippen molar-refractivity contribution in [1.29, 1.82) is 0 Å². The third kappa shape index (κ3) is 3.57. The Labute approximate surface area is 145 Å². The molecular formula is C16H19N3O5S. The van der Waals surface area contributed by atoms with E-state index in [9.17, 15) is 8.42 Å². The van der Waals surface area contributed by atoms with Gasteiger partial charge in [0.2, 0.25) is 0 Å². The lowest BCUT2D eigenvalue weighted by molar-refractivity contribution is 0.0940. The molecule has 25 heavy (non-hydrogen) atoms. The van der Waals surface area contributed by atoms with Crippen LogP contribution in [-0.4, -0.2) is 44.1 Å². The maximum Gasteiger partial charge on any atom is 0.262 e. The molecule has 2 aromatic rings. The fraction of sp³-hybridized carbons (Fsp3) is 0.438. The van der Waals surface area contributed by atoms with Crippen molar-refractivity contribution in [3.8, 4) is 11.5 Å². The van der Waals surface area contributed by atoms with Crippen LogP contribution >= 0.6 is 0 Å². The number of nitrogens with one attached hydrogen (secondary N) is 1. The molecule has 0 amide bonds. The molecule has 134 valence electrons. The third-order valence-electron chi connectivity index (χ3n) is 4.12. The highest BCUT2D eigenvalue weighted by Crippen LogP contribution is 2.32. The first-order valence-electron chi connectivity index (χ1n) is 8.17. The molecule has 1 atom stereocenters. The van der Waals surface area contributed by atoms with Crippen molar-refractivity contribution < 1.29 is 22.6 Å². The molecule has 9 heteroatoms. The molecule has 4 rings (SSSR count). The summed E-state index contributed by atoms with van der Waals surface area (Å²) >= 11 is 0. The van der Waals surface area contributed by atoms with E-state index in [1.54, 1.807) is 16.9 Å². The summed E-state index contributed by atoms with van der Waals surface area (Å²) in [5.74, 6) is 0.984. The Hall–Kier alpha value is -2.26. The molecule has 1 fully saturated rings. The second-order valence-corrected chi connectivity index (χ2v) is 7.68. The minimum Gasteiger partial charge on any atom is -0.486 e. The Balaban J connectivity index is 1.48. The van der Waals surface area contributed by atoms with Crippen molar-refractivity contribution in [3.05, 3.63) is 30.6 Å². The van der Waals surface area contributed by atoms with Gasteiger partial charge in [-0.3, -0.25) is 9.40 Å². The predicted molar refractivity (Wildman–Crippen MR) is 89.4 cm³/mol. The van der Waals surface area contributed by atoms with Gasteiger partial charge in [0.05, 0.1) is 29.4 Å². The quantitative estimate of drug-likeness (QED) is 0.866. The molecule has 1 N–H and O–H groups in total. The van der Waals surface area contributed by atoms with Crippen LogP contribution in [0.5, 0.6) is 11.5 Å².